The molecule has 0 fully saturated rings. The Morgan fingerprint density at radius 1 is 1.00 bits per heavy atom. The van der Waals surface area contributed by atoms with Crippen molar-refractivity contribution in [3.63, 3.8) is 0 Å². The monoisotopic (exact) mass is 314 g/mol. The van der Waals surface area contributed by atoms with Crippen LogP contribution >= 0.6 is 0 Å². The molecule has 1 atom stereocenters. The number of hydrogen-bond donors (Lipinski definition) is 2. The van der Waals surface area contributed by atoms with Crippen LogP contribution in [0.2, 0.25) is 0 Å². The van der Waals surface area contributed by atoms with Gasteiger partial charge in [0, 0.05) is 26.2 Å². The molecule has 0 bridgehead atoms. The lowest BCUT2D eigenvalue weighted by atomic mass is 10.0. The van der Waals surface area contributed by atoms with Gasteiger partial charge in [-0.1, -0.05) is 60.6 Å². The van der Waals surface area contributed by atoms with Gasteiger partial charge in [-0.05, 0) is 45.1 Å². The molecule has 1 unspecified atom stereocenters. The minimum absolute atomic E-state index is 0.563. The van der Waals surface area contributed by atoms with E-state index in [4.69, 9.17) is 0 Å². The molecular formula is C21H34N2. The molecule has 2 nitrogen and oxygen atoms in total. The van der Waals surface area contributed by atoms with Crippen molar-refractivity contribution in [3.05, 3.63) is 59.2 Å². The third kappa shape index (κ3) is 10.1. The topological polar surface area (TPSA) is 24.1 Å². The third-order valence-electron chi connectivity index (χ3n) is 3.98. The number of allylic oxidation sites excluding steroid dienone is 3. The first-order valence-corrected chi connectivity index (χ1v) is 8.85. The van der Waals surface area contributed by atoms with Crippen LogP contribution in [0, 0.1) is 0 Å². The Labute approximate surface area is 143 Å². The van der Waals surface area contributed by atoms with Crippen LogP contribution in [0.15, 0.2) is 53.6 Å². The maximum atomic E-state index is 3.53. The summed E-state index contributed by atoms with van der Waals surface area (Å²) >= 11 is 0. The molecule has 0 saturated heterocycles. The van der Waals surface area contributed by atoms with Crippen LogP contribution in [0.3, 0.4) is 0 Å². The summed E-state index contributed by atoms with van der Waals surface area (Å²) in [5, 5.41) is 7.00. The van der Waals surface area contributed by atoms with E-state index in [2.05, 4.69) is 80.8 Å². The first-order valence-electron chi connectivity index (χ1n) is 8.85. The molecule has 1 rings (SSSR count). The molecule has 0 aliphatic heterocycles. The average molecular weight is 315 g/mol. The Balaban J connectivity index is 2.04. The van der Waals surface area contributed by atoms with Gasteiger partial charge in [0.2, 0.25) is 0 Å². The fourth-order valence-corrected chi connectivity index (χ4v) is 2.43. The normalized spacial score (nSPS) is 13.0. The maximum Gasteiger partial charge on any atom is 0.0137 e. The second-order valence-electron chi connectivity index (χ2n) is 6.59. The van der Waals surface area contributed by atoms with Crippen LogP contribution < -0.4 is 10.6 Å². The summed E-state index contributed by atoms with van der Waals surface area (Å²) in [4.78, 5) is 0. The van der Waals surface area contributed by atoms with E-state index in [1.807, 2.05) is 0 Å². The van der Waals surface area contributed by atoms with E-state index < -0.39 is 0 Å². The SMILES string of the molecule is CC(C)=CCC/C(C)=C/CNCCNCC(C)c1ccccc1. The van der Waals surface area contributed by atoms with Gasteiger partial charge < -0.3 is 10.6 Å². The fourth-order valence-electron chi connectivity index (χ4n) is 2.43. The predicted molar refractivity (Wildman–Crippen MR) is 103 cm³/mol. The summed E-state index contributed by atoms with van der Waals surface area (Å²) in [6, 6.07) is 10.7. The highest BCUT2D eigenvalue weighted by molar-refractivity contribution is 5.18. The smallest absolute Gasteiger partial charge is 0.0137 e. The van der Waals surface area contributed by atoms with E-state index in [-0.39, 0.29) is 0 Å². The molecule has 0 aliphatic carbocycles. The highest BCUT2D eigenvalue weighted by Crippen LogP contribution is 2.12. The highest BCUT2D eigenvalue weighted by atomic mass is 14.9. The molecule has 0 heterocycles. The number of rotatable bonds is 11. The van der Waals surface area contributed by atoms with E-state index in [1.165, 1.54) is 23.1 Å². The zero-order valence-electron chi connectivity index (χ0n) is 15.4. The van der Waals surface area contributed by atoms with Crippen LogP contribution in [0.25, 0.3) is 0 Å². The van der Waals surface area contributed by atoms with Crippen molar-refractivity contribution in [2.45, 2.75) is 46.5 Å². The number of hydrogen-bond acceptors (Lipinski definition) is 2. The molecule has 0 amide bonds. The van der Waals surface area contributed by atoms with Gasteiger partial charge in [-0.3, -0.25) is 0 Å². The zero-order chi connectivity index (χ0) is 16.9. The molecule has 128 valence electrons. The van der Waals surface area contributed by atoms with E-state index in [1.54, 1.807) is 0 Å². The van der Waals surface area contributed by atoms with Crippen LogP contribution in [0.1, 0.15) is 52.0 Å². The minimum Gasteiger partial charge on any atom is -0.315 e. The largest absolute Gasteiger partial charge is 0.315 e. The summed E-state index contributed by atoms with van der Waals surface area (Å²) in [5.74, 6) is 0.563. The fraction of sp³-hybridized carbons (Fsp3) is 0.524. The first kappa shape index (κ1) is 19.7. The summed E-state index contributed by atoms with van der Waals surface area (Å²) in [7, 11) is 0. The predicted octanol–water partition coefficient (Wildman–Crippen LogP) is 4.66. The summed E-state index contributed by atoms with van der Waals surface area (Å²) in [5.41, 5.74) is 4.29. The second-order valence-corrected chi connectivity index (χ2v) is 6.59. The number of benzene rings is 1. The third-order valence-corrected chi connectivity index (χ3v) is 3.98. The molecule has 1 aromatic carbocycles. The molecule has 23 heavy (non-hydrogen) atoms. The van der Waals surface area contributed by atoms with Crippen molar-refractivity contribution >= 4 is 0 Å². The Morgan fingerprint density at radius 2 is 1.70 bits per heavy atom. The summed E-state index contributed by atoms with van der Waals surface area (Å²) in [6.07, 6.45) is 6.94. The van der Waals surface area contributed by atoms with Crippen LogP contribution in [0.5, 0.6) is 0 Å². The lowest BCUT2D eigenvalue weighted by molar-refractivity contribution is 0.590. The molecule has 0 spiro atoms. The second kappa shape index (κ2) is 12.1. The molecule has 1 aromatic rings. The van der Waals surface area contributed by atoms with Crippen molar-refractivity contribution in [1.82, 2.24) is 10.6 Å². The van der Waals surface area contributed by atoms with Crippen LogP contribution in [0.4, 0.5) is 0 Å². The highest BCUT2D eigenvalue weighted by Gasteiger charge is 2.03. The zero-order valence-corrected chi connectivity index (χ0v) is 15.4. The molecule has 0 radical (unpaired) electrons. The molecular weight excluding hydrogens is 280 g/mol. The van der Waals surface area contributed by atoms with Gasteiger partial charge in [-0.15, -0.1) is 0 Å². The molecule has 0 aliphatic rings. The van der Waals surface area contributed by atoms with E-state index in [0.29, 0.717) is 5.92 Å². The first-order chi connectivity index (χ1) is 11.1. The minimum atomic E-state index is 0.563. The van der Waals surface area contributed by atoms with Crippen molar-refractivity contribution in [2.75, 3.05) is 26.2 Å². The van der Waals surface area contributed by atoms with Crippen molar-refractivity contribution < 1.29 is 0 Å². The standard InChI is InChI=1S/C21H34N2/c1-18(2)9-8-10-19(3)13-14-22-15-16-23-17-20(4)21-11-6-5-7-12-21/h5-7,9,11-13,20,22-23H,8,10,14-17H2,1-4H3/b19-13+. The summed E-state index contributed by atoms with van der Waals surface area (Å²) < 4.78 is 0. The van der Waals surface area contributed by atoms with Gasteiger partial charge in [-0.2, -0.15) is 0 Å². The molecule has 0 saturated carbocycles. The van der Waals surface area contributed by atoms with Gasteiger partial charge >= 0.3 is 0 Å². The van der Waals surface area contributed by atoms with E-state index in [9.17, 15) is 0 Å². The number of nitrogens with one attached hydrogen (secondary N) is 2. The summed E-state index contributed by atoms with van der Waals surface area (Å²) in [6.45, 7) is 12.8. The van der Waals surface area contributed by atoms with Crippen LogP contribution in [-0.4, -0.2) is 26.2 Å². The van der Waals surface area contributed by atoms with Crippen molar-refractivity contribution in [3.8, 4) is 0 Å². The van der Waals surface area contributed by atoms with Gasteiger partial charge in [0.15, 0.2) is 0 Å². The Morgan fingerprint density at radius 3 is 2.39 bits per heavy atom. The average Bonchev–Trinajstić information content (AvgIpc) is 2.54. The van der Waals surface area contributed by atoms with Gasteiger partial charge in [-0.25, -0.2) is 0 Å². The molecule has 2 heteroatoms. The lowest BCUT2D eigenvalue weighted by Gasteiger charge is -2.13. The van der Waals surface area contributed by atoms with Gasteiger partial charge in [0.05, 0.1) is 0 Å². The van der Waals surface area contributed by atoms with Gasteiger partial charge in [0.25, 0.3) is 0 Å². The van der Waals surface area contributed by atoms with Crippen molar-refractivity contribution in [1.29, 1.82) is 0 Å². The van der Waals surface area contributed by atoms with Crippen LogP contribution in [-0.2, 0) is 0 Å². The molecule has 2 N–H and O–H groups in total. The quantitative estimate of drug-likeness (QED) is 0.458. The van der Waals surface area contributed by atoms with Gasteiger partial charge in [0.1, 0.15) is 0 Å². The Hall–Kier alpha value is -1.38. The van der Waals surface area contributed by atoms with E-state index >= 15 is 0 Å². The molecule has 0 aromatic heterocycles. The Bertz CT molecular complexity index is 470. The van der Waals surface area contributed by atoms with E-state index in [0.717, 1.165) is 32.6 Å². The Kier molecular flexibility index (Phi) is 10.3. The van der Waals surface area contributed by atoms with Crippen molar-refractivity contribution in [2.24, 2.45) is 0 Å². The maximum absolute atomic E-state index is 3.53. The lowest BCUT2D eigenvalue weighted by Crippen LogP contribution is -2.29.